The second-order valence-electron chi connectivity index (χ2n) is 4.40. The summed E-state index contributed by atoms with van der Waals surface area (Å²) in [7, 11) is 0. The molecule has 0 atom stereocenters. The van der Waals surface area contributed by atoms with Gasteiger partial charge in [-0.3, -0.25) is 5.10 Å². The number of para-hydroxylation sites is 1. The number of hydrogen-bond donors (Lipinski definition) is 1. The van der Waals surface area contributed by atoms with Gasteiger partial charge in [-0.1, -0.05) is 42.5 Å². The monoisotopic (exact) mass is 246 g/mol. The Kier molecular flexibility index (Phi) is 2.08. The molecule has 0 radical (unpaired) electrons. The van der Waals surface area contributed by atoms with E-state index in [4.69, 9.17) is 0 Å². The molecule has 19 heavy (non-hydrogen) atoms. The van der Waals surface area contributed by atoms with Crippen LogP contribution in [0.25, 0.3) is 33.1 Å². The zero-order valence-electron chi connectivity index (χ0n) is 10.0. The van der Waals surface area contributed by atoms with Gasteiger partial charge in [0.05, 0.1) is 11.7 Å². The summed E-state index contributed by atoms with van der Waals surface area (Å²) in [5.41, 5.74) is 2.67. The molecular formula is C15H10N4. The first-order chi connectivity index (χ1) is 9.43. The van der Waals surface area contributed by atoms with E-state index >= 15 is 0 Å². The van der Waals surface area contributed by atoms with E-state index in [0.717, 1.165) is 33.1 Å². The molecule has 0 spiro atoms. The molecule has 90 valence electrons. The summed E-state index contributed by atoms with van der Waals surface area (Å²) < 4.78 is 0. The Labute approximate surface area is 109 Å². The van der Waals surface area contributed by atoms with E-state index in [1.807, 2.05) is 48.5 Å². The SMILES string of the molecule is c1ccc2c(-c3n[nH]c4ccccc34)nncc2c1. The van der Waals surface area contributed by atoms with Crippen LogP contribution in [0.5, 0.6) is 0 Å². The van der Waals surface area contributed by atoms with E-state index in [9.17, 15) is 0 Å². The van der Waals surface area contributed by atoms with Crippen LogP contribution in [-0.4, -0.2) is 20.4 Å². The second kappa shape index (κ2) is 3.88. The third kappa shape index (κ3) is 1.50. The quantitative estimate of drug-likeness (QED) is 0.561. The van der Waals surface area contributed by atoms with Gasteiger partial charge in [0, 0.05) is 16.2 Å². The highest BCUT2D eigenvalue weighted by molar-refractivity contribution is 6.01. The van der Waals surface area contributed by atoms with Crippen molar-refractivity contribution in [3.63, 3.8) is 0 Å². The number of fused-ring (bicyclic) bond motifs is 2. The number of aromatic nitrogens is 4. The standard InChI is InChI=1S/C15H10N4/c1-2-6-11-10(5-1)9-16-18-14(11)15-12-7-3-4-8-13(12)17-19-15/h1-9H,(H,17,19). The molecule has 0 saturated carbocycles. The van der Waals surface area contributed by atoms with Crippen molar-refractivity contribution in [2.45, 2.75) is 0 Å². The third-order valence-electron chi connectivity index (χ3n) is 3.27. The van der Waals surface area contributed by atoms with Gasteiger partial charge in [0.15, 0.2) is 0 Å². The van der Waals surface area contributed by atoms with Gasteiger partial charge in [0.25, 0.3) is 0 Å². The summed E-state index contributed by atoms with van der Waals surface area (Å²) >= 11 is 0. The molecule has 0 fully saturated rings. The van der Waals surface area contributed by atoms with Crippen molar-refractivity contribution in [1.82, 2.24) is 20.4 Å². The summed E-state index contributed by atoms with van der Waals surface area (Å²) in [6, 6.07) is 16.1. The number of H-pyrrole nitrogens is 1. The predicted octanol–water partition coefficient (Wildman–Crippen LogP) is 3.17. The minimum Gasteiger partial charge on any atom is -0.277 e. The topological polar surface area (TPSA) is 54.5 Å². The average Bonchev–Trinajstić information content (AvgIpc) is 2.90. The number of nitrogens with one attached hydrogen (secondary N) is 1. The van der Waals surface area contributed by atoms with Crippen LogP contribution in [0.1, 0.15) is 0 Å². The average molecular weight is 246 g/mol. The Hall–Kier alpha value is -2.75. The van der Waals surface area contributed by atoms with Crippen molar-refractivity contribution < 1.29 is 0 Å². The van der Waals surface area contributed by atoms with Crippen molar-refractivity contribution in [2.24, 2.45) is 0 Å². The van der Waals surface area contributed by atoms with Crippen LogP contribution >= 0.6 is 0 Å². The lowest BCUT2D eigenvalue weighted by Crippen LogP contribution is -1.90. The van der Waals surface area contributed by atoms with E-state index in [2.05, 4.69) is 20.4 Å². The molecule has 2 aromatic carbocycles. The minimum atomic E-state index is 0.815. The fourth-order valence-electron chi connectivity index (χ4n) is 2.35. The number of nitrogens with zero attached hydrogens (tertiary/aromatic N) is 3. The second-order valence-corrected chi connectivity index (χ2v) is 4.40. The molecule has 0 saturated heterocycles. The maximum Gasteiger partial charge on any atom is 0.122 e. The molecule has 0 amide bonds. The van der Waals surface area contributed by atoms with Crippen LogP contribution in [0.15, 0.2) is 54.7 Å². The van der Waals surface area contributed by atoms with Gasteiger partial charge < -0.3 is 0 Å². The van der Waals surface area contributed by atoms with E-state index in [-0.39, 0.29) is 0 Å². The maximum absolute atomic E-state index is 4.39. The van der Waals surface area contributed by atoms with Crippen molar-refractivity contribution >= 4 is 21.7 Å². The molecule has 1 N–H and O–H groups in total. The first-order valence-electron chi connectivity index (χ1n) is 6.07. The smallest absolute Gasteiger partial charge is 0.122 e. The van der Waals surface area contributed by atoms with Crippen LogP contribution in [-0.2, 0) is 0 Å². The number of rotatable bonds is 1. The Balaban J connectivity index is 2.10. The molecule has 4 rings (SSSR count). The van der Waals surface area contributed by atoms with Gasteiger partial charge in [-0.25, -0.2) is 0 Å². The van der Waals surface area contributed by atoms with E-state index in [1.54, 1.807) is 6.20 Å². The fraction of sp³-hybridized carbons (Fsp3) is 0. The summed E-state index contributed by atoms with van der Waals surface area (Å²) in [5, 5.41) is 19.0. The number of benzene rings is 2. The van der Waals surface area contributed by atoms with Crippen LogP contribution < -0.4 is 0 Å². The highest BCUT2D eigenvalue weighted by atomic mass is 15.2. The van der Waals surface area contributed by atoms with Gasteiger partial charge >= 0.3 is 0 Å². The zero-order chi connectivity index (χ0) is 12.7. The van der Waals surface area contributed by atoms with Crippen molar-refractivity contribution in [3.05, 3.63) is 54.7 Å². The Bertz CT molecular complexity index is 874. The highest BCUT2D eigenvalue weighted by Gasteiger charge is 2.12. The maximum atomic E-state index is 4.39. The molecule has 2 heterocycles. The van der Waals surface area contributed by atoms with Crippen LogP contribution in [0.4, 0.5) is 0 Å². The molecule has 0 bridgehead atoms. The lowest BCUT2D eigenvalue weighted by Gasteiger charge is -2.01. The lowest BCUT2D eigenvalue weighted by molar-refractivity contribution is 1.04. The van der Waals surface area contributed by atoms with Crippen LogP contribution in [0.2, 0.25) is 0 Å². The molecule has 0 aliphatic heterocycles. The van der Waals surface area contributed by atoms with Gasteiger partial charge in [0.2, 0.25) is 0 Å². The highest BCUT2D eigenvalue weighted by Crippen LogP contribution is 2.29. The molecule has 4 nitrogen and oxygen atoms in total. The number of aromatic amines is 1. The van der Waals surface area contributed by atoms with Crippen LogP contribution in [0, 0.1) is 0 Å². The predicted molar refractivity (Wildman–Crippen MR) is 74.6 cm³/mol. The van der Waals surface area contributed by atoms with Gasteiger partial charge in [0.1, 0.15) is 11.4 Å². The fourth-order valence-corrected chi connectivity index (χ4v) is 2.35. The first-order valence-corrected chi connectivity index (χ1v) is 6.07. The normalized spacial score (nSPS) is 11.2. The summed E-state index contributed by atoms with van der Waals surface area (Å²) in [4.78, 5) is 0. The minimum absolute atomic E-state index is 0.815. The summed E-state index contributed by atoms with van der Waals surface area (Å²) in [6.07, 6.45) is 1.77. The lowest BCUT2D eigenvalue weighted by atomic mass is 10.1. The third-order valence-corrected chi connectivity index (χ3v) is 3.27. The molecular weight excluding hydrogens is 236 g/mol. The largest absolute Gasteiger partial charge is 0.277 e. The van der Waals surface area contributed by atoms with Gasteiger partial charge in [-0.05, 0) is 6.07 Å². The Morgan fingerprint density at radius 3 is 2.53 bits per heavy atom. The van der Waals surface area contributed by atoms with Crippen molar-refractivity contribution in [3.8, 4) is 11.4 Å². The van der Waals surface area contributed by atoms with E-state index < -0.39 is 0 Å². The molecule has 0 aliphatic carbocycles. The van der Waals surface area contributed by atoms with Crippen molar-refractivity contribution in [1.29, 1.82) is 0 Å². The van der Waals surface area contributed by atoms with Crippen LogP contribution in [0.3, 0.4) is 0 Å². The molecule has 0 unspecified atom stereocenters. The number of hydrogen-bond acceptors (Lipinski definition) is 3. The van der Waals surface area contributed by atoms with Gasteiger partial charge in [-0.2, -0.15) is 10.2 Å². The molecule has 0 aliphatic rings. The summed E-state index contributed by atoms with van der Waals surface area (Å²) in [6.45, 7) is 0. The Morgan fingerprint density at radius 2 is 1.58 bits per heavy atom. The molecule has 2 aromatic heterocycles. The summed E-state index contributed by atoms with van der Waals surface area (Å²) in [5.74, 6) is 0. The zero-order valence-corrected chi connectivity index (χ0v) is 10.0. The van der Waals surface area contributed by atoms with Crippen molar-refractivity contribution in [2.75, 3.05) is 0 Å². The molecule has 4 heteroatoms. The Morgan fingerprint density at radius 1 is 0.789 bits per heavy atom. The van der Waals surface area contributed by atoms with E-state index in [0.29, 0.717) is 0 Å². The molecule has 4 aromatic rings. The first kappa shape index (κ1) is 10.2. The van der Waals surface area contributed by atoms with Gasteiger partial charge in [-0.15, -0.1) is 5.10 Å². The van der Waals surface area contributed by atoms with E-state index in [1.165, 1.54) is 0 Å².